The molecule has 1 N–H and O–H groups in total. The van der Waals surface area contributed by atoms with Crippen LogP contribution in [0.25, 0.3) is 0 Å². The first kappa shape index (κ1) is 15.4. The zero-order valence-corrected chi connectivity index (χ0v) is 13.2. The topological polar surface area (TPSA) is 21.3 Å². The first-order chi connectivity index (χ1) is 9.74. The number of nitrogens with one attached hydrogen (secondary N) is 1. The molecule has 3 atom stereocenters. The highest BCUT2D eigenvalue weighted by molar-refractivity contribution is 5.29. The second kappa shape index (κ2) is 7.68. The molecule has 2 nitrogen and oxygen atoms in total. The van der Waals surface area contributed by atoms with E-state index in [2.05, 4.69) is 50.4 Å². The molecular formula is C18H29NO. The lowest BCUT2D eigenvalue weighted by Crippen LogP contribution is -2.45. The minimum absolute atomic E-state index is 0.332. The van der Waals surface area contributed by atoms with Crippen molar-refractivity contribution in [1.82, 2.24) is 5.32 Å². The molecule has 112 valence electrons. The smallest absolute Gasteiger partial charge is 0.119 e. The maximum atomic E-state index is 6.23. The van der Waals surface area contributed by atoms with Gasteiger partial charge in [0.1, 0.15) is 11.9 Å². The van der Waals surface area contributed by atoms with Crippen molar-refractivity contribution >= 4 is 0 Å². The van der Waals surface area contributed by atoms with Crippen LogP contribution in [-0.4, -0.2) is 18.7 Å². The summed E-state index contributed by atoms with van der Waals surface area (Å²) in [6.45, 7) is 7.71. The van der Waals surface area contributed by atoms with Gasteiger partial charge in [-0.2, -0.15) is 0 Å². The van der Waals surface area contributed by atoms with Gasteiger partial charge in [-0.1, -0.05) is 39.3 Å². The summed E-state index contributed by atoms with van der Waals surface area (Å²) in [5.41, 5.74) is 1.41. The number of hydrogen-bond donors (Lipinski definition) is 1. The third-order valence-electron chi connectivity index (χ3n) is 4.52. The third kappa shape index (κ3) is 3.99. The molecule has 1 aliphatic carbocycles. The quantitative estimate of drug-likeness (QED) is 0.825. The van der Waals surface area contributed by atoms with E-state index in [9.17, 15) is 0 Å². The molecular weight excluding hydrogens is 246 g/mol. The van der Waals surface area contributed by atoms with Crippen molar-refractivity contribution < 1.29 is 4.74 Å². The Kier molecular flexibility index (Phi) is 5.90. The van der Waals surface area contributed by atoms with E-state index in [1.54, 1.807) is 0 Å². The largest absolute Gasteiger partial charge is 0.489 e. The number of benzene rings is 1. The van der Waals surface area contributed by atoms with Gasteiger partial charge in [-0.3, -0.25) is 0 Å². The van der Waals surface area contributed by atoms with E-state index >= 15 is 0 Å². The van der Waals surface area contributed by atoms with Crippen molar-refractivity contribution in [1.29, 1.82) is 0 Å². The van der Waals surface area contributed by atoms with Crippen LogP contribution < -0.4 is 10.1 Å². The van der Waals surface area contributed by atoms with Crippen LogP contribution in [-0.2, 0) is 0 Å². The van der Waals surface area contributed by atoms with E-state index in [0.717, 1.165) is 12.3 Å². The summed E-state index contributed by atoms with van der Waals surface area (Å²) in [4.78, 5) is 0. The zero-order valence-electron chi connectivity index (χ0n) is 13.2. The third-order valence-corrected chi connectivity index (χ3v) is 4.52. The van der Waals surface area contributed by atoms with Crippen LogP contribution in [0.2, 0.25) is 0 Å². The Balaban J connectivity index is 1.97. The van der Waals surface area contributed by atoms with E-state index in [1.807, 2.05) is 0 Å². The second-order valence-corrected chi connectivity index (χ2v) is 5.98. The molecule has 0 saturated heterocycles. The van der Waals surface area contributed by atoms with Gasteiger partial charge in [-0.15, -0.1) is 0 Å². The first-order valence-electron chi connectivity index (χ1n) is 8.24. The molecule has 0 aromatic heterocycles. The number of likely N-dealkylation sites (N-methyl/N-ethyl adjacent to an activating group) is 1. The van der Waals surface area contributed by atoms with Crippen LogP contribution in [0.4, 0.5) is 0 Å². The SMILES string of the molecule is CCNC1CCCCC1Oc1ccc(C(C)CC)cc1. The molecule has 1 aliphatic rings. The second-order valence-electron chi connectivity index (χ2n) is 5.98. The molecule has 1 aromatic rings. The van der Waals surface area contributed by atoms with Gasteiger partial charge in [0, 0.05) is 6.04 Å². The van der Waals surface area contributed by atoms with Crippen LogP contribution >= 0.6 is 0 Å². The summed E-state index contributed by atoms with van der Waals surface area (Å²) in [5, 5.41) is 3.57. The summed E-state index contributed by atoms with van der Waals surface area (Å²) in [5.74, 6) is 1.65. The average molecular weight is 275 g/mol. The predicted octanol–water partition coefficient (Wildman–Crippen LogP) is 4.50. The minimum Gasteiger partial charge on any atom is -0.489 e. The van der Waals surface area contributed by atoms with Crippen LogP contribution in [0.3, 0.4) is 0 Å². The van der Waals surface area contributed by atoms with Crippen molar-refractivity contribution in [3.8, 4) is 5.75 Å². The van der Waals surface area contributed by atoms with Crippen molar-refractivity contribution in [3.63, 3.8) is 0 Å². The van der Waals surface area contributed by atoms with Crippen LogP contribution in [0.15, 0.2) is 24.3 Å². The molecule has 0 amide bonds. The molecule has 0 spiro atoms. The normalized spacial score (nSPS) is 24.4. The molecule has 0 heterocycles. The number of ether oxygens (including phenoxy) is 1. The van der Waals surface area contributed by atoms with Gasteiger partial charge in [0.15, 0.2) is 0 Å². The highest BCUT2D eigenvalue weighted by Crippen LogP contribution is 2.26. The molecule has 2 heteroatoms. The fraction of sp³-hybridized carbons (Fsp3) is 0.667. The molecule has 3 unspecified atom stereocenters. The number of rotatable bonds is 6. The summed E-state index contributed by atoms with van der Waals surface area (Å²) in [7, 11) is 0. The Morgan fingerprint density at radius 1 is 1.15 bits per heavy atom. The predicted molar refractivity (Wildman–Crippen MR) is 85.5 cm³/mol. The molecule has 0 radical (unpaired) electrons. The Bertz CT molecular complexity index is 385. The fourth-order valence-corrected chi connectivity index (χ4v) is 3.02. The van der Waals surface area contributed by atoms with Gasteiger partial charge < -0.3 is 10.1 Å². The van der Waals surface area contributed by atoms with E-state index in [1.165, 1.54) is 37.7 Å². The van der Waals surface area contributed by atoms with Gasteiger partial charge in [0.05, 0.1) is 0 Å². The maximum absolute atomic E-state index is 6.23. The van der Waals surface area contributed by atoms with Crippen LogP contribution in [0, 0.1) is 0 Å². The molecule has 20 heavy (non-hydrogen) atoms. The van der Waals surface area contributed by atoms with Gasteiger partial charge in [0.25, 0.3) is 0 Å². The lowest BCUT2D eigenvalue weighted by Gasteiger charge is -2.32. The molecule has 1 saturated carbocycles. The zero-order chi connectivity index (χ0) is 14.4. The summed E-state index contributed by atoms with van der Waals surface area (Å²) in [6, 6.07) is 9.23. The van der Waals surface area contributed by atoms with Crippen molar-refractivity contribution in [2.24, 2.45) is 0 Å². The Morgan fingerprint density at radius 2 is 1.85 bits per heavy atom. The highest BCUT2D eigenvalue weighted by Gasteiger charge is 2.25. The molecule has 2 rings (SSSR count). The van der Waals surface area contributed by atoms with Gasteiger partial charge in [0.2, 0.25) is 0 Å². The van der Waals surface area contributed by atoms with E-state index in [-0.39, 0.29) is 0 Å². The monoisotopic (exact) mass is 275 g/mol. The summed E-state index contributed by atoms with van der Waals surface area (Å²) in [6.07, 6.45) is 6.54. The van der Waals surface area contributed by atoms with Crippen molar-refractivity contribution in [2.45, 2.75) is 70.9 Å². The standard InChI is InChI=1S/C18H29NO/c1-4-14(3)15-10-12-16(13-11-15)20-18-9-7-6-8-17(18)19-5-2/h10-14,17-19H,4-9H2,1-3H3. The maximum Gasteiger partial charge on any atom is 0.119 e. The highest BCUT2D eigenvalue weighted by atomic mass is 16.5. The van der Waals surface area contributed by atoms with E-state index < -0.39 is 0 Å². The van der Waals surface area contributed by atoms with Crippen molar-refractivity contribution in [2.75, 3.05) is 6.54 Å². The lowest BCUT2D eigenvalue weighted by atomic mass is 9.92. The molecule has 0 bridgehead atoms. The summed E-state index contributed by atoms with van der Waals surface area (Å²) >= 11 is 0. The van der Waals surface area contributed by atoms with Gasteiger partial charge in [-0.25, -0.2) is 0 Å². The first-order valence-corrected chi connectivity index (χ1v) is 8.24. The molecule has 1 aromatic carbocycles. The molecule has 0 aliphatic heterocycles. The number of hydrogen-bond acceptors (Lipinski definition) is 2. The van der Waals surface area contributed by atoms with E-state index in [4.69, 9.17) is 4.74 Å². The van der Waals surface area contributed by atoms with Crippen LogP contribution in [0.1, 0.15) is 64.4 Å². The lowest BCUT2D eigenvalue weighted by molar-refractivity contribution is 0.115. The van der Waals surface area contributed by atoms with Gasteiger partial charge in [-0.05, 0) is 55.8 Å². The van der Waals surface area contributed by atoms with Crippen molar-refractivity contribution in [3.05, 3.63) is 29.8 Å². The average Bonchev–Trinajstić information content (AvgIpc) is 2.49. The van der Waals surface area contributed by atoms with Gasteiger partial charge >= 0.3 is 0 Å². The van der Waals surface area contributed by atoms with E-state index in [0.29, 0.717) is 18.1 Å². The Hall–Kier alpha value is -1.02. The minimum atomic E-state index is 0.332. The Labute approximate surface area is 123 Å². The fourth-order valence-electron chi connectivity index (χ4n) is 3.02. The van der Waals surface area contributed by atoms with Crippen LogP contribution in [0.5, 0.6) is 5.75 Å². The summed E-state index contributed by atoms with van der Waals surface area (Å²) < 4.78 is 6.23. The molecule has 1 fully saturated rings. The Morgan fingerprint density at radius 3 is 2.50 bits per heavy atom.